The van der Waals surface area contributed by atoms with Gasteiger partial charge in [0.1, 0.15) is 24.4 Å². The molecule has 0 spiro atoms. The van der Waals surface area contributed by atoms with Crippen molar-refractivity contribution in [1.29, 1.82) is 0 Å². The molecule has 12 heavy (non-hydrogen) atoms. The highest BCUT2D eigenvalue weighted by molar-refractivity contribution is 4.79. The van der Waals surface area contributed by atoms with Crippen molar-refractivity contribution in [3.8, 4) is 0 Å². The van der Waals surface area contributed by atoms with Crippen molar-refractivity contribution in [2.45, 2.75) is 24.4 Å². The van der Waals surface area contributed by atoms with E-state index in [2.05, 4.69) is 0 Å². The van der Waals surface area contributed by atoms with Crippen LogP contribution in [-0.4, -0.2) is 68.2 Å². The number of hydrogen-bond acceptors (Lipinski definition) is 6. The van der Waals surface area contributed by atoms with Crippen LogP contribution in [0.4, 0.5) is 0 Å². The van der Waals surface area contributed by atoms with E-state index in [-0.39, 0.29) is 0 Å². The topological polar surface area (TPSA) is 121 Å². The molecular formula is C6H14O6. The van der Waals surface area contributed by atoms with Gasteiger partial charge in [-0.2, -0.15) is 0 Å². The Hall–Kier alpha value is -0.240. The summed E-state index contributed by atoms with van der Waals surface area (Å²) in [5.74, 6) is 0. The largest absolute Gasteiger partial charge is 0.394 e. The molecule has 0 saturated heterocycles. The highest BCUT2D eigenvalue weighted by Gasteiger charge is 2.29. The van der Waals surface area contributed by atoms with E-state index in [4.69, 9.17) is 32.0 Å². The van der Waals surface area contributed by atoms with Crippen LogP contribution < -0.4 is 0 Å². The number of hydrogen-bond donors (Lipinski definition) is 6. The first kappa shape index (κ1) is 9.85. The molecule has 0 aromatic rings. The van der Waals surface area contributed by atoms with E-state index < -0.39 is 37.6 Å². The first-order chi connectivity index (χ1) is 5.86. The van der Waals surface area contributed by atoms with Gasteiger partial charge < -0.3 is 30.6 Å². The van der Waals surface area contributed by atoms with Gasteiger partial charge in [-0.3, -0.25) is 0 Å². The molecule has 0 amide bonds. The summed E-state index contributed by atoms with van der Waals surface area (Å²) in [5.41, 5.74) is 0. The Morgan fingerprint density at radius 2 is 1.42 bits per heavy atom. The average molecular weight is 183 g/mol. The van der Waals surface area contributed by atoms with Crippen molar-refractivity contribution in [3.05, 3.63) is 0 Å². The maximum Gasteiger partial charge on any atom is 0.111 e. The molecule has 0 heterocycles. The molecule has 0 radical (unpaired) electrons. The Morgan fingerprint density at radius 1 is 0.917 bits per heavy atom. The van der Waals surface area contributed by atoms with Gasteiger partial charge in [-0.15, -0.1) is 0 Å². The van der Waals surface area contributed by atoms with Crippen LogP contribution in [-0.2, 0) is 0 Å². The number of aliphatic hydroxyl groups is 6. The van der Waals surface area contributed by atoms with Crippen molar-refractivity contribution in [2.75, 3.05) is 13.2 Å². The molecule has 0 aliphatic heterocycles. The quantitative estimate of drug-likeness (QED) is 0.262. The second-order valence-corrected chi connectivity index (χ2v) is 2.33. The van der Waals surface area contributed by atoms with E-state index in [1.54, 1.807) is 0 Å². The molecular weight excluding hydrogens is 168 g/mol. The van der Waals surface area contributed by atoms with E-state index in [1.165, 1.54) is 0 Å². The fourth-order valence-corrected chi connectivity index (χ4v) is 0.609. The van der Waals surface area contributed by atoms with Gasteiger partial charge in [0.15, 0.2) is 0 Å². The SMILES string of the molecule is [2H][C@](O)(CO)[C@@H](O)[C@H](O)[C@H](O)CO. The Kier molecular flexibility index (Phi) is 4.44. The number of aliphatic hydroxyl groups excluding tert-OH is 5. The van der Waals surface area contributed by atoms with Crippen LogP contribution in [0.5, 0.6) is 0 Å². The van der Waals surface area contributed by atoms with E-state index in [0.717, 1.165) is 0 Å². The minimum Gasteiger partial charge on any atom is -0.394 e. The smallest absolute Gasteiger partial charge is 0.111 e. The summed E-state index contributed by atoms with van der Waals surface area (Å²) < 4.78 is 6.88. The van der Waals surface area contributed by atoms with E-state index >= 15 is 0 Å². The van der Waals surface area contributed by atoms with Crippen molar-refractivity contribution in [2.24, 2.45) is 0 Å². The third-order valence-corrected chi connectivity index (χ3v) is 1.41. The van der Waals surface area contributed by atoms with Gasteiger partial charge in [0.2, 0.25) is 0 Å². The third-order valence-electron chi connectivity index (χ3n) is 1.41. The van der Waals surface area contributed by atoms with Crippen LogP contribution in [0.2, 0.25) is 0 Å². The van der Waals surface area contributed by atoms with Gasteiger partial charge in [0.25, 0.3) is 0 Å². The molecule has 0 aromatic heterocycles. The van der Waals surface area contributed by atoms with Crippen molar-refractivity contribution in [3.63, 3.8) is 0 Å². The van der Waals surface area contributed by atoms with Gasteiger partial charge in [-0.1, -0.05) is 0 Å². The molecule has 0 saturated carbocycles. The Labute approximate surface area is 70.7 Å². The lowest BCUT2D eigenvalue weighted by atomic mass is 10.0. The van der Waals surface area contributed by atoms with Crippen molar-refractivity contribution >= 4 is 0 Å². The van der Waals surface area contributed by atoms with E-state index in [1.807, 2.05) is 0 Å². The lowest BCUT2D eigenvalue weighted by Crippen LogP contribution is -2.46. The Balaban J connectivity index is 4.32. The maximum atomic E-state index is 9.03. The molecule has 4 atom stereocenters. The first-order valence-electron chi connectivity index (χ1n) is 3.85. The summed E-state index contributed by atoms with van der Waals surface area (Å²) in [4.78, 5) is 0. The predicted molar refractivity (Wildman–Crippen MR) is 38.2 cm³/mol. The van der Waals surface area contributed by atoms with Crippen LogP contribution in [0.1, 0.15) is 1.37 Å². The zero-order valence-electron chi connectivity index (χ0n) is 7.33. The summed E-state index contributed by atoms with van der Waals surface area (Å²) in [7, 11) is 0. The van der Waals surface area contributed by atoms with Crippen LogP contribution in [0.25, 0.3) is 0 Å². The zero-order chi connectivity index (χ0) is 10.6. The molecule has 0 fully saturated rings. The van der Waals surface area contributed by atoms with Crippen molar-refractivity contribution < 1.29 is 32.0 Å². The lowest BCUT2D eigenvalue weighted by molar-refractivity contribution is -0.123. The molecule has 6 nitrogen and oxygen atoms in total. The van der Waals surface area contributed by atoms with Gasteiger partial charge in [0.05, 0.1) is 14.6 Å². The molecule has 0 rings (SSSR count). The van der Waals surface area contributed by atoms with Gasteiger partial charge in [0, 0.05) is 0 Å². The standard InChI is InChI=1S/C6H14O6/c7-1-3(9)5(11)6(12)4(10)2-8/h3-12H,1-2H2/t3-,4+,5-,6-/m1/s1/i3D/t3-,4+,5+,6+/m0. The van der Waals surface area contributed by atoms with Crippen LogP contribution in [0.3, 0.4) is 0 Å². The summed E-state index contributed by atoms with van der Waals surface area (Å²) in [6.07, 6.45) is -8.27. The van der Waals surface area contributed by atoms with Crippen molar-refractivity contribution in [1.82, 2.24) is 0 Å². The Bertz CT molecular complexity index is 152. The molecule has 0 unspecified atom stereocenters. The van der Waals surface area contributed by atoms with Crippen LogP contribution in [0, 0.1) is 0 Å². The van der Waals surface area contributed by atoms with Gasteiger partial charge in [-0.05, 0) is 0 Å². The minimum atomic E-state index is -2.66. The predicted octanol–water partition coefficient (Wildman–Crippen LogP) is -3.59. The minimum absolute atomic E-state index is 0.820. The molecule has 0 aliphatic carbocycles. The lowest BCUT2D eigenvalue weighted by Gasteiger charge is -2.24. The van der Waals surface area contributed by atoms with E-state index in [0.29, 0.717) is 0 Å². The summed E-state index contributed by atoms with van der Waals surface area (Å²) >= 11 is 0. The highest BCUT2D eigenvalue weighted by Crippen LogP contribution is 2.03. The van der Waals surface area contributed by atoms with E-state index in [9.17, 15) is 0 Å². The third kappa shape index (κ3) is 3.02. The number of rotatable bonds is 5. The summed E-state index contributed by atoms with van der Waals surface area (Å²) in [6.45, 7) is -1.91. The van der Waals surface area contributed by atoms with Crippen LogP contribution >= 0.6 is 0 Å². The molecule has 0 aromatic carbocycles. The maximum absolute atomic E-state index is 9.03. The average Bonchev–Trinajstić information content (AvgIpc) is 2.14. The zero-order valence-corrected chi connectivity index (χ0v) is 6.33. The Morgan fingerprint density at radius 3 is 1.75 bits per heavy atom. The molecule has 0 aliphatic rings. The summed E-state index contributed by atoms with van der Waals surface area (Å²) in [6, 6.07) is 0. The van der Waals surface area contributed by atoms with Crippen LogP contribution in [0.15, 0.2) is 0 Å². The fourth-order valence-electron chi connectivity index (χ4n) is 0.609. The molecule has 6 N–H and O–H groups in total. The summed E-state index contributed by atoms with van der Waals surface area (Å²) in [5, 5.41) is 52.6. The monoisotopic (exact) mass is 183 g/mol. The fraction of sp³-hybridized carbons (Fsp3) is 1.00. The molecule has 6 heteroatoms. The second kappa shape index (κ2) is 5.41. The van der Waals surface area contributed by atoms with Gasteiger partial charge in [-0.25, -0.2) is 0 Å². The first-order valence-corrected chi connectivity index (χ1v) is 3.35. The highest BCUT2D eigenvalue weighted by atomic mass is 16.4. The molecule has 74 valence electrons. The molecule has 0 bridgehead atoms. The normalized spacial score (nSPS) is 25.3. The van der Waals surface area contributed by atoms with Gasteiger partial charge >= 0.3 is 0 Å². The second-order valence-electron chi connectivity index (χ2n) is 2.33.